The van der Waals surface area contributed by atoms with Crippen molar-refractivity contribution in [2.24, 2.45) is 11.1 Å². The average molecular weight is 307 g/mol. The van der Waals surface area contributed by atoms with Gasteiger partial charge in [0.25, 0.3) is 5.91 Å². The Hall–Kier alpha value is -1.86. The lowest BCUT2D eigenvalue weighted by Gasteiger charge is -2.39. The third-order valence-corrected chi connectivity index (χ3v) is 4.21. The van der Waals surface area contributed by atoms with E-state index in [-0.39, 0.29) is 17.7 Å². The van der Waals surface area contributed by atoms with Crippen molar-refractivity contribution in [3.8, 4) is 5.88 Å². The highest BCUT2D eigenvalue weighted by Crippen LogP contribution is 2.33. The van der Waals surface area contributed by atoms with Crippen molar-refractivity contribution in [3.05, 3.63) is 17.8 Å². The number of aromatic nitrogens is 1. The van der Waals surface area contributed by atoms with E-state index >= 15 is 0 Å². The van der Waals surface area contributed by atoms with Crippen LogP contribution in [0, 0.1) is 5.41 Å². The number of hydrogen-bond acceptors (Lipinski definition) is 6. The molecule has 2 aliphatic heterocycles. The molecule has 0 radical (unpaired) electrons. The van der Waals surface area contributed by atoms with Crippen LogP contribution in [-0.4, -0.2) is 55.5 Å². The SMILES string of the molecule is NC(=O)c1ccc(N2CCCC2)c(OCC2(CO)COC2)n1. The van der Waals surface area contributed by atoms with E-state index in [2.05, 4.69) is 9.88 Å². The van der Waals surface area contributed by atoms with Gasteiger partial charge in [0, 0.05) is 13.1 Å². The zero-order valence-corrected chi connectivity index (χ0v) is 12.5. The Labute approximate surface area is 129 Å². The lowest BCUT2D eigenvalue weighted by Crippen LogP contribution is -2.50. The molecule has 7 heteroatoms. The van der Waals surface area contributed by atoms with Gasteiger partial charge in [0.05, 0.1) is 30.9 Å². The maximum atomic E-state index is 11.3. The minimum atomic E-state index is -0.582. The summed E-state index contributed by atoms with van der Waals surface area (Å²) < 4.78 is 11.0. The maximum Gasteiger partial charge on any atom is 0.267 e. The largest absolute Gasteiger partial charge is 0.475 e. The number of carbonyl (C=O) groups is 1. The summed E-state index contributed by atoms with van der Waals surface area (Å²) in [5.74, 6) is -0.181. The van der Waals surface area contributed by atoms with E-state index in [9.17, 15) is 9.90 Å². The number of nitrogens with zero attached hydrogens (tertiary/aromatic N) is 2. The fourth-order valence-electron chi connectivity index (χ4n) is 2.71. The van der Waals surface area contributed by atoms with Crippen LogP contribution in [0.3, 0.4) is 0 Å². The normalized spacial score (nSPS) is 19.8. The number of aliphatic hydroxyl groups excluding tert-OH is 1. The van der Waals surface area contributed by atoms with Gasteiger partial charge in [-0.3, -0.25) is 4.79 Å². The highest BCUT2D eigenvalue weighted by atomic mass is 16.5. The number of ether oxygens (including phenoxy) is 2. The highest BCUT2D eigenvalue weighted by Gasteiger charge is 2.39. The molecule has 1 aromatic heterocycles. The molecule has 0 bridgehead atoms. The Kier molecular flexibility index (Phi) is 4.17. The molecule has 0 aliphatic carbocycles. The molecule has 0 spiro atoms. The number of nitrogens with two attached hydrogens (primary N) is 1. The Morgan fingerprint density at radius 2 is 2.14 bits per heavy atom. The van der Waals surface area contributed by atoms with Gasteiger partial charge in [-0.05, 0) is 25.0 Å². The summed E-state index contributed by atoms with van der Waals surface area (Å²) in [6.07, 6.45) is 2.26. The lowest BCUT2D eigenvalue weighted by molar-refractivity contribution is -0.153. The van der Waals surface area contributed by atoms with Crippen LogP contribution >= 0.6 is 0 Å². The molecule has 3 heterocycles. The van der Waals surface area contributed by atoms with Gasteiger partial charge in [-0.15, -0.1) is 0 Å². The number of carbonyl (C=O) groups excluding carboxylic acids is 1. The van der Waals surface area contributed by atoms with Crippen LogP contribution in [0.1, 0.15) is 23.3 Å². The van der Waals surface area contributed by atoms with Crippen LogP contribution in [0.25, 0.3) is 0 Å². The molecule has 0 saturated carbocycles. The van der Waals surface area contributed by atoms with Gasteiger partial charge >= 0.3 is 0 Å². The molecule has 2 fully saturated rings. The van der Waals surface area contributed by atoms with Crippen LogP contribution in [-0.2, 0) is 4.74 Å². The molecule has 1 aromatic rings. The van der Waals surface area contributed by atoms with Gasteiger partial charge in [0.2, 0.25) is 5.88 Å². The molecule has 120 valence electrons. The third kappa shape index (κ3) is 2.86. The minimum absolute atomic E-state index is 0.00155. The van der Waals surface area contributed by atoms with Crippen LogP contribution in [0.5, 0.6) is 5.88 Å². The summed E-state index contributed by atoms with van der Waals surface area (Å²) >= 11 is 0. The van der Waals surface area contributed by atoms with Crippen molar-refractivity contribution in [1.82, 2.24) is 4.98 Å². The van der Waals surface area contributed by atoms with Gasteiger partial charge in [-0.25, -0.2) is 4.98 Å². The smallest absolute Gasteiger partial charge is 0.267 e. The summed E-state index contributed by atoms with van der Waals surface area (Å²) in [6, 6.07) is 3.45. The van der Waals surface area contributed by atoms with E-state index in [0.29, 0.717) is 25.7 Å². The Bertz CT molecular complexity index is 548. The first-order valence-corrected chi connectivity index (χ1v) is 7.51. The van der Waals surface area contributed by atoms with Crippen molar-refractivity contribution in [1.29, 1.82) is 0 Å². The first kappa shape index (κ1) is 15.1. The molecule has 2 aliphatic rings. The van der Waals surface area contributed by atoms with Crippen molar-refractivity contribution < 1.29 is 19.4 Å². The van der Waals surface area contributed by atoms with Crippen LogP contribution in [0.2, 0.25) is 0 Å². The standard InChI is InChI=1S/C15H21N3O4/c16-13(20)11-3-4-12(18-5-1-2-6-18)14(17-11)22-10-15(7-19)8-21-9-15/h3-4,19H,1-2,5-10H2,(H2,16,20). The second-order valence-corrected chi connectivity index (χ2v) is 6.02. The van der Waals surface area contributed by atoms with Gasteiger partial charge in [0.1, 0.15) is 12.3 Å². The monoisotopic (exact) mass is 307 g/mol. The number of hydrogen-bond donors (Lipinski definition) is 2. The molecule has 1 amide bonds. The molecule has 22 heavy (non-hydrogen) atoms. The molecule has 0 unspecified atom stereocenters. The number of amides is 1. The molecule has 3 N–H and O–H groups in total. The van der Waals surface area contributed by atoms with Crippen LogP contribution < -0.4 is 15.4 Å². The predicted octanol–water partition coefficient (Wildman–Crippen LogP) is 0.168. The number of pyridine rings is 1. The van der Waals surface area contributed by atoms with E-state index in [1.807, 2.05) is 6.07 Å². The van der Waals surface area contributed by atoms with E-state index in [0.717, 1.165) is 31.6 Å². The Morgan fingerprint density at radius 1 is 1.41 bits per heavy atom. The minimum Gasteiger partial charge on any atom is -0.475 e. The molecule has 0 atom stereocenters. The second kappa shape index (κ2) is 6.10. The summed E-state index contributed by atoms with van der Waals surface area (Å²) in [6.45, 7) is 3.14. The molecule has 0 aromatic carbocycles. The predicted molar refractivity (Wildman–Crippen MR) is 80.0 cm³/mol. The maximum absolute atomic E-state index is 11.3. The quantitative estimate of drug-likeness (QED) is 0.777. The number of aliphatic hydroxyl groups is 1. The van der Waals surface area contributed by atoms with Crippen LogP contribution in [0.15, 0.2) is 12.1 Å². The van der Waals surface area contributed by atoms with Crippen LogP contribution in [0.4, 0.5) is 5.69 Å². The highest BCUT2D eigenvalue weighted by molar-refractivity contribution is 5.91. The molecule has 7 nitrogen and oxygen atoms in total. The van der Waals surface area contributed by atoms with Crippen molar-refractivity contribution in [2.75, 3.05) is 44.4 Å². The van der Waals surface area contributed by atoms with Crippen molar-refractivity contribution in [3.63, 3.8) is 0 Å². The first-order valence-electron chi connectivity index (χ1n) is 7.51. The Balaban J connectivity index is 1.81. The molecule has 3 rings (SSSR count). The number of primary amides is 1. The summed E-state index contributed by atoms with van der Waals surface area (Å²) in [5, 5.41) is 9.47. The van der Waals surface area contributed by atoms with Gasteiger partial charge in [0.15, 0.2) is 0 Å². The average Bonchev–Trinajstić information content (AvgIpc) is 3.00. The van der Waals surface area contributed by atoms with Crippen molar-refractivity contribution in [2.45, 2.75) is 12.8 Å². The lowest BCUT2D eigenvalue weighted by atomic mass is 9.88. The number of rotatable bonds is 6. The van der Waals surface area contributed by atoms with E-state index in [1.165, 1.54) is 0 Å². The van der Waals surface area contributed by atoms with Gasteiger partial charge in [-0.2, -0.15) is 0 Å². The zero-order valence-electron chi connectivity index (χ0n) is 12.5. The summed E-state index contributed by atoms with van der Waals surface area (Å²) in [5.41, 5.74) is 5.99. The third-order valence-electron chi connectivity index (χ3n) is 4.21. The van der Waals surface area contributed by atoms with E-state index < -0.39 is 5.91 Å². The number of anilines is 1. The topological polar surface area (TPSA) is 97.9 Å². The fourth-order valence-corrected chi connectivity index (χ4v) is 2.71. The fraction of sp³-hybridized carbons (Fsp3) is 0.600. The summed E-state index contributed by atoms with van der Waals surface area (Å²) in [7, 11) is 0. The molecular formula is C15H21N3O4. The second-order valence-electron chi connectivity index (χ2n) is 6.02. The zero-order chi connectivity index (χ0) is 15.6. The summed E-state index contributed by atoms with van der Waals surface area (Å²) in [4.78, 5) is 17.8. The molecule has 2 saturated heterocycles. The molecular weight excluding hydrogens is 286 g/mol. The van der Waals surface area contributed by atoms with E-state index in [4.69, 9.17) is 15.2 Å². The first-order chi connectivity index (χ1) is 10.6. The van der Waals surface area contributed by atoms with Crippen molar-refractivity contribution >= 4 is 11.6 Å². The van der Waals surface area contributed by atoms with Gasteiger partial charge < -0.3 is 25.2 Å². The van der Waals surface area contributed by atoms with Gasteiger partial charge in [-0.1, -0.05) is 0 Å². The van der Waals surface area contributed by atoms with E-state index in [1.54, 1.807) is 6.07 Å². The Morgan fingerprint density at radius 3 is 2.68 bits per heavy atom.